The van der Waals surface area contributed by atoms with Crippen LogP contribution in [0.2, 0.25) is 0 Å². The number of hydrogen-bond donors (Lipinski definition) is 1. The molecular weight excluding hydrogens is 170 g/mol. The highest BCUT2D eigenvalue weighted by Crippen LogP contribution is 2.21. The van der Waals surface area contributed by atoms with Crippen molar-refractivity contribution in [3.05, 3.63) is 12.2 Å². The van der Waals surface area contributed by atoms with Gasteiger partial charge in [0.15, 0.2) is 0 Å². The molecule has 1 heteroatoms. The first-order valence-corrected chi connectivity index (χ1v) is 6.24. The maximum Gasteiger partial charge on any atom is -0.00519 e. The van der Waals surface area contributed by atoms with Crippen LogP contribution in [0.15, 0.2) is 12.2 Å². The third-order valence-electron chi connectivity index (χ3n) is 3.11. The maximum atomic E-state index is 3.21. The normalized spacial score (nSPS) is 25.4. The molecule has 0 radical (unpaired) electrons. The molecule has 0 aromatic rings. The highest BCUT2D eigenvalue weighted by atomic mass is 14.8. The molecule has 0 aliphatic heterocycles. The van der Waals surface area contributed by atoms with Gasteiger partial charge in [-0.05, 0) is 51.6 Å². The van der Waals surface area contributed by atoms with E-state index in [2.05, 4.69) is 17.5 Å². The first-order chi connectivity index (χ1) is 6.93. The van der Waals surface area contributed by atoms with Gasteiger partial charge in [-0.1, -0.05) is 31.4 Å². The molecule has 82 valence electrons. The molecule has 0 spiro atoms. The van der Waals surface area contributed by atoms with E-state index >= 15 is 0 Å². The summed E-state index contributed by atoms with van der Waals surface area (Å²) in [5.74, 6) is 0.882. The molecule has 0 aromatic carbocycles. The Bertz CT molecular complexity index is 151. The van der Waals surface area contributed by atoms with Crippen molar-refractivity contribution >= 4 is 0 Å². The van der Waals surface area contributed by atoms with E-state index < -0.39 is 0 Å². The smallest absolute Gasteiger partial charge is 0.00519 e. The van der Waals surface area contributed by atoms with E-state index in [-0.39, 0.29) is 0 Å². The Morgan fingerprint density at radius 1 is 1.21 bits per heavy atom. The zero-order valence-corrected chi connectivity index (χ0v) is 9.60. The zero-order chi connectivity index (χ0) is 10.1. The van der Waals surface area contributed by atoms with E-state index in [1.165, 1.54) is 57.9 Å². The first-order valence-electron chi connectivity index (χ1n) is 6.24. The van der Waals surface area contributed by atoms with Gasteiger partial charge in [-0.3, -0.25) is 0 Å². The summed E-state index contributed by atoms with van der Waals surface area (Å²) in [7, 11) is 2.04. The number of nitrogens with one attached hydrogen (secondary N) is 1. The Hall–Kier alpha value is -0.300. The number of rotatable bonds is 5. The zero-order valence-electron chi connectivity index (χ0n) is 9.60. The lowest BCUT2D eigenvalue weighted by Crippen LogP contribution is -2.08. The van der Waals surface area contributed by atoms with Crippen LogP contribution in [0.1, 0.15) is 51.4 Å². The molecule has 0 heterocycles. The maximum absolute atomic E-state index is 3.21. The van der Waals surface area contributed by atoms with Crippen molar-refractivity contribution in [2.45, 2.75) is 51.4 Å². The van der Waals surface area contributed by atoms with Crippen molar-refractivity contribution in [2.75, 3.05) is 13.6 Å². The van der Waals surface area contributed by atoms with Crippen molar-refractivity contribution in [2.24, 2.45) is 5.92 Å². The second-order valence-corrected chi connectivity index (χ2v) is 4.43. The van der Waals surface area contributed by atoms with Crippen molar-refractivity contribution in [3.63, 3.8) is 0 Å². The Labute approximate surface area is 89.0 Å². The molecule has 1 rings (SSSR count). The SMILES string of the molecule is CNCCCCC1/C=C\CCCCC1. The fraction of sp³-hybridized carbons (Fsp3) is 0.846. The van der Waals surface area contributed by atoms with Crippen molar-refractivity contribution in [1.82, 2.24) is 5.32 Å². The van der Waals surface area contributed by atoms with Gasteiger partial charge in [-0.2, -0.15) is 0 Å². The topological polar surface area (TPSA) is 12.0 Å². The molecule has 0 fully saturated rings. The van der Waals surface area contributed by atoms with E-state index in [0.29, 0.717) is 0 Å². The highest BCUT2D eigenvalue weighted by Gasteiger charge is 2.06. The molecule has 0 amide bonds. The van der Waals surface area contributed by atoms with Crippen LogP contribution in [-0.2, 0) is 0 Å². The molecule has 0 bridgehead atoms. The molecule has 0 saturated carbocycles. The summed E-state index contributed by atoms with van der Waals surface area (Å²) in [6.45, 7) is 1.18. The average Bonchev–Trinajstić information content (AvgIpc) is 2.15. The van der Waals surface area contributed by atoms with E-state index in [9.17, 15) is 0 Å². The Morgan fingerprint density at radius 2 is 2.14 bits per heavy atom. The molecule has 14 heavy (non-hydrogen) atoms. The molecule has 0 aromatic heterocycles. The quantitative estimate of drug-likeness (QED) is 0.523. The Balaban J connectivity index is 2.10. The summed E-state index contributed by atoms with van der Waals surface area (Å²) in [6, 6.07) is 0. The van der Waals surface area contributed by atoms with Crippen LogP contribution in [0.3, 0.4) is 0 Å². The van der Waals surface area contributed by atoms with Gasteiger partial charge in [0.25, 0.3) is 0 Å². The lowest BCUT2D eigenvalue weighted by Gasteiger charge is -2.14. The van der Waals surface area contributed by atoms with Gasteiger partial charge >= 0.3 is 0 Å². The Kier molecular flexibility index (Phi) is 6.77. The summed E-state index contributed by atoms with van der Waals surface area (Å²) in [5, 5.41) is 3.21. The van der Waals surface area contributed by atoms with Crippen LogP contribution in [0.5, 0.6) is 0 Å². The largest absolute Gasteiger partial charge is 0.320 e. The molecule has 0 saturated heterocycles. The van der Waals surface area contributed by atoms with Crippen LogP contribution in [-0.4, -0.2) is 13.6 Å². The van der Waals surface area contributed by atoms with Crippen LogP contribution in [0.25, 0.3) is 0 Å². The summed E-state index contributed by atoms with van der Waals surface area (Å²) >= 11 is 0. The van der Waals surface area contributed by atoms with E-state index in [4.69, 9.17) is 0 Å². The third kappa shape index (κ3) is 5.43. The molecule has 1 N–H and O–H groups in total. The number of hydrogen-bond acceptors (Lipinski definition) is 1. The average molecular weight is 195 g/mol. The predicted octanol–water partition coefficient (Wildman–Crippen LogP) is 3.51. The fourth-order valence-electron chi connectivity index (χ4n) is 2.18. The summed E-state index contributed by atoms with van der Waals surface area (Å²) in [4.78, 5) is 0. The second-order valence-electron chi connectivity index (χ2n) is 4.43. The van der Waals surface area contributed by atoms with Crippen molar-refractivity contribution in [1.29, 1.82) is 0 Å². The lowest BCUT2D eigenvalue weighted by molar-refractivity contribution is 0.469. The summed E-state index contributed by atoms with van der Waals surface area (Å²) in [6.07, 6.45) is 16.0. The van der Waals surface area contributed by atoms with Crippen LogP contribution >= 0.6 is 0 Å². The Morgan fingerprint density at radius 3 is 3.00 bits per heavy atom. The molecular formula is C13H25N. The van der Waals surface area contributed by atoms with Crippen LogP contribution in [0.4, 0.5) is 0 Å². The summed E-state index contributed by atoms with van der Waals surface area (Å²) < 4.78 is 0. The molecule has 1 unspecified atom stereocenters. The standard InChI is InChI=1S/C13H25N/c1-14-12-8-7-11-13-9-5-3-2-4-6-10-13/h5,9,13-14H,2-4,6-8,10-12H2,1H3/b9-5-. The van der Waals surface area contributed by atoms with Crippen molar-refractivity contribution in [3.8, 4) is 0 Å². The van der Waals surface area contributed by atoms with Crippen molar-refractivity contribution < 1.29 is 0 Å². The van der Waals surface area contributed by atoms with E-state index in [0.717, 1.165) is 5.92 Å². The summed E-state index contributed by atoms with van der Waals surface area (Å²) in [5.41, 5.74) is 0. The molecule has 1 atom stereocenters. The first kappa shape index (κ1) is 11.8. The van der Waals surface area contributed by atoms with Gasteiger partial charge in [0.2, 0.25) is 0 Å². The minimum Gasteiger partial charge on any atom is -0.320 e. The number of unbranched alkanes of at least 4 members (excludes halogenated alkanes) is 1. The highest BCUT2D eigenvalue weighted by molar-refractivity contribution is 4.89. The molecule has 1 aliphatic rings. The van der Waals surface area contributed by atoms with Gasteiger partial charge in [0, 0.05) is 0 Å². The monoisotopic (exact) mass is 195 g/mol. The van der Waals surface area contributed by atoms with Gasteiger partial charge < -0.3 is 5.32 Å². The van der Waals surface area contributed by atoms with E-state index in [1.807, 2.05) is 7.05 Å². The van der Waals surface area contributed by atoms with Gasteiger partial charge in [0.1, 0.15) is 0 Å². The molecule has 1 aliphatic carbocycles. The third-order valence-corrected chi connectivity index (χ3v) is 3.11. The second kappa shape index (κ2) is 8.05. The van der Waals surface area contributed by atoms with Gasteiger partial charge in [0.05, 0.1) is 0 Å². The minimum atomic E-state index is 0.882. The molecule has 1 nitrogen and oxygen atoms in total. The van der Waals surface area contributed by atoms with Gasteiger partial charge in [-0.15, -0.1) is 0 Å². The van der Waals surface area contributed by atoms with Crippen LogP contribution in [0, 0.1) is 5.92 Å². The van der Waals surface area contributed by atoms with Gasteiger partial charge in [-0.25, -0.2) is 0 Å². The predicted molar refractivity (Wildman–Crippen MR) is 63.5 cm³/mol. The van der Waals surface area contributed by atoms with E-state index in [1.54, 1.807) is 0 Å². The lowest BCUT2D eigenvalue weighted by atomic mass is 9.92. The minimum absolute atomic E-state index is 0.882. The van der Waals surface area contributed by atoms with Crippen LogP contribution < -0.4 is 5.32 Å². The fourth-order valence-corrected chi connectivity index (χ4v) is 2.18. The number of allylic oxidation sites excluding steroid dienone is 2.